The van der Waals surface area contributed by atoms with Gasteiger partial charge in [-0.15, -0.1) is 0 Å². The van der Waals surface area contributed by atoms with Crippen LogP contribution in [0.1, 0.15) is 30.4 Å². The fourth-order valence-electron chi connectivity index (χ4n) is 3.40. The summed E-state index contributed by atoms with van der Waals surface area (Å²) in [5, 5.41) is 0.596. The Balaban J connectivity index is 2.12. The van der Waals surface area contributed by atoms with E-state index in [1.807, 2.05) is 18.2 Å². The first-order chi connectivity index (χ1) is 8.63. The quantitative estimate of drug-likeness (QED) is 0.745. The fourth-order valence-corrected chi connectivity index (χ4v) is 3.57. The van der Waals surface area contributed by atoms with Crippen molar-refractivity contribution < 1.29 is 13.5 Å². The standard InChI is InChI=1S/C14H15ClF2O/c15-10-4-2-9-3-5-11(13(16)17)14(12(9)8-10)6-1-7-18-14/h2,4,8,11,13H,1,3,5-7H2/t11-,14-/m1/s1. The predicted molar refractivity (Wildman–Crippen MR) is 66.1 cm³/mol. The lowest BCUT2D eigenvalue weighted by molar-refractivity contribution is -0.112. The van der Waals surface area contributed by atoms with E-state index in [9.17, 15) is 8.78 Å². The van der Waals surface area contributed by atoms with Gasteiger partial charge >= 0.3 is 0 Å². The molecule has 3 rings (SSSR count). The maximum atomic E-state index is 13.3. The highest BCUT2D eigenvalue weighted by molar-refractivity contribution is 6.30. The summed E-state index contributed by atoms with van der Waals surface area (Å²) in [7, 11) is 0. The van der Waals surface area contributed by atoms with Crippen molar-refractivity contribution in [3.05, 3.63) is 34.3 Å². The van der Waals surface area contributed by atoms with Crippen LogP contribution in [0.2, 0.25) is 5.02 Å². The van der Waals surface area contributed by atoms with Crippen molar-refractivity contribution in [3.8, 4) is 0 Å². The van der Waals surface area contributed by atoms with E-state index in [4.69, 9.17) is 16.3 Å². The third-order valence-corrected chi connectivity index (χ3v) is 4.44. The lowest BCUT2D eigenvalue weighted by Gasteiger charge is -2.41. The Morgan fingerprint density at radius 1 is 1.39 bits per heavy atom. The Kier molecular flexibility index (Phi) is 3.07. The molecule has 2 aliphatic rings. The van der Waals surface area contributed by atoms with Gasteiger partial charge in [-0.2, -0.15) is 0 Å². The third-order valence-electron chi connectivity index (χ3n) is 4.21. The van der Waals surface area contributed by atoms with Crippen molar-refractivity contribution in [2.24, 2.45) is 5.92 Å². The van der Waals surface area contributed by atoms with Crippen molar-refractivity contribution in [1.29, 1.82) is 0 Å². The molecule has 1 aromatic carbocycles. The minimum atomic E-state index is -2.34. The SMILES string of the molecule is FC(F)[C@H]1CCc2ccc(Cl)cc2[C@@]12CCCO2. The summed E-state index contributed by atoms with van der Waals surface area (Å²) in [6.07, 6.45) is 0.360. The molecular weight excluding hydrogens is 258 g/mol. The van der Waals surface area contributed by atoms with Crippen molar-refractivity contribution in [3.63, 3.8) is 0 Å². The van der Waals surface area contributed by atoms with Crippen molar-refractivity contribution in [2.75, 3.05) is 6.61 Å². The predicted octanol–water partition coefficient (Wildman–Crippen LogP) is 4.17. The molecule has 1 spiro atoms. The minimum Gasteiger partial charge on any atom is -0.370 e. The van der Waals surface area contributed by atoms with Crippen LogP contribution in [0.25, 0.3) is 0 Å². The third kappa shape index (κ3) is 1.76. The fraction of sp³-hybridized carbons (Fsp3) is 0.571. The molecule has 0 unspecified atom stereocenters. The highest BCUT2D eigenvalue weighted by Gasteiger charge is 2.51. The number of aryl methyl sites for hydroxylation is 1. The number of benzene rings is 1. The summed E-state index contributed by atoms with van der Waals surface area (Å²) in [4.78, 5) is 0. The lowest BCUT2D eigenvalue weighted by Crippen LogP contribution is -2.42. The summed E-state index contributed by atoms with van der Waals surface area (Å²) in [5.41, 5.74) is 1.20. The van der Waals surface area contributed by atoms with Gasteiger partial charge in [0.25, 0.3) is 0 Å². The number of hydrogen-bond acceptors (Lipinski definition) is 1. The molecule has 0 amide bonds. The molecule has 0 N–H and O–H groups in total. The Hall–Kier alpha value is -0.670. The van der Waals surface area contributed by atoms with Gasteiger partial charge in [0.15, 0.2) is 0 Å². The van der Waals surface area contributed by atoms with Gasteiger partial charge in [-0.05, 0) is 48.9 Å². The monoisotopic (exact) mass is 272 g/mol. The molecule has 0 bridgehead atoms. The summed E-state index contributed by atoms with van der Waals surface area (Å²) in [6.45, 7) is 0.565. The van der Waals surface area contributed by atoms with Crippen LogP contribution in [0.5, 0.6) is 0 Å². The van der Waals surface area contributed by atoms with Crippen LogP contribution >= 0.6 is 11.6 Å². The first kappa shape index (κ1) is 12.4. The van der Waals surface area contributed by atoms with Gasteiger partial charge < -0.3 is 4.74 Å². The van der Waals surface area contributed by atoms with Gasteiger partial charge in [-0.25, -0.2) is 8.78 Å². The van der Waals surface area contributed by atoms with Crippen LogP contribution < -0.4 is 0 Å². The van der Waals surface area contributed by atoms with Gasteiger partial charge in [0.05, 0.1) is 5.92 Å². The second-order valence-corrected chi connectivity index (χ2v) is 5.56. The van der Waals surface area contributed by atoms with E-state index in [1.54, 1.807) is 0 Å². The maximum absolute atomic E-state index is 13.3. The van der Waals surface area contributed by atoms with E-state index in [1.165, 1.54) is 0 Å². The van der Waals surface area contributed by atoms with E-state index < -0.39 is 17.9 Å². The lowest BCUT2D eigenvalue weighted by atomic mass is 9.70. The number of ether oxygens (including phenoxy) is 1. The molecule has 1 saturated heterocycles. The molecule has 1 heterocycles. The number of hydrogen-bond donors (Lipinski definition) is 0. The molecule has 98 valence electrons. The Morgan fingerprint density at radius 2 is 2.22 bits per heavy atom. The van der Waals surface area contributed by atoms with E-state index in [0.29, 0.717) is 30.9 Å². The average Bonchev–Trinajstić information content (AvgIpc) is 2.80. The van der Waals surface area contributed by atoms with Gasteiger partial charge in [-0.3, -0.25) is 0 Å². The molecule has 1 aromatic rings. The first-order valence-corrected chi connectivity index (χ1v) is 6.72. The number of alkyl halides is 2. The Bertz CT molecular complexity index is 455. The molecule has 4 heteroatoms. The topological polar surface area (TPSA) is 9.23 Å². The zero-order valence-corrected chi connectivity index (χ0v) is 10.7. The highest BCUT2D eigenvalue weighted by atomic mass is 35.5. The summed E-state index contributed by atoms with van der Waals surface area (Å²) < 4.78 is 32.4. The molecule has 1 aliphatic carbocycles. The smallest absolute Gasteiger partial charge is 0.244 e. The molecule has 0 saturated carbocycles. The van der Waals surface area contributed by atoms with Gasteiger partial charge in [0.2, 0.25) is 6.43 Å². The van der Waals surface area contributed by atoms with Crippen LogP contribution in [-0.2, 0) is 16.8 Å². The van der Waals surface area contributed by atoms with Crippen molar-refractivity contribution in [1.82, 2.24) is 0 Å². The minimum absolute atomic E-state index is 0.492. The molecule has 1 fully saturated rings. The highest BCUT2D eigenvalue weighted by Crippen LogP contribution is 2.51. The number of halogens is 3. The molecule has 0 aromatic heterocycles. The molecule has 1 aliphatic heterocycles. The molecule has 18 heavy (non-hydrogen) atoms. The van der Waals surface area contributed by atoms with E-state index >= 15 is 0 Å². The Morgan fingerprint density at radius 3 is 2.89 bits per heavy atom. The van der Waals surface area contributed by atoms with Crippen LogP contribution in [-0.4, -0.2) is 13.0 Å². The molecule has 1 nitrogen and oxygen atoms in total. The Labute approximate surface area is 110 Å². The first-order valence-electron chi connectivity index (χ1n) is 6.34. The molecular formula is C14H15ClF2O. The van der Waals surface area contributed by atoms with Crippen LogP contribution in [0.3, 0.4) is 0 Å². The second kappa shape index (κ2) is 4.46. The summed E-state index contributed by atoms with van der Waals surface area (Å²) in [5.74, 6) is -0.703. The average molecular weight is 273 g/mol. The molecule has 0 radical (unpaired) electrons. The number of fused-ring (bicyclic) bond motifs is 2. The van der Waals surface area contributed by atoms with Crippen LogP contribution in [0.4, 0.5) is 8.78 Å². The molecule has 2 atom stereocenters. The maximum Gasteiger partial charge on any atom is 0.244 e. The number of rotatable bonds is 1. The van der Waals surface area contributed by atoms with E-state index in [-0.39, 0.29) is 0 Å². The normalized spacial score (nSPS) is 31.0. The van der Waals surface area contributed by atoms with Gasteiger partial charge in [0, 0.05) is 11.6 Å². The zero-order valence-electron chi connectivity index (χ0n) is 9.96. The van der Waals surface area contributed by atoms with Crippen LogP contribution in [0.15, 0.2) is 18.2 Å². The van der Waals surface area contributed by atoms with Gasteiger partial charge in [-0.1, -0.05) is 17.7 Å². The van der Waals surface area contributed by atoms with E-state index in [2.05, 4.69) is 0 Å². The summed E-state index contributed by atoms with van der Waals surface area (Å²) in [6, 6.07) is 5.59. The van der Waals surface area contributed by atoms with Crippen LogP contribution in [0, 0.1) is 5.92 Å². The largest absolute Gasteiger partial charge is 0.370 e. The second-order valence-electron chi connectivity index (χ2n) is 5.12. The van der Waals surface area contributed by atoms with Crippen molar-refractivity contribution >= 4 is 11.6 Å². The summed E-state index contributed by atoms with van der Waals surface area (Å²) >= 11 is 6.02. The zero-order chi connectivity index (χ0) is 12.8. The van der Waals surface area contributed by atoms with E-state index in [0.717, 1.165) is 17.5 Å². The van der Waals surface area contributed by atoms with Crippen molar-refractivity contribution in [2.45, 2.75) is 37.7 Å². The van der Waals surface area contributed by atoms with Gasteiger partial charge in [0.1, 0.15) is 5.60 Å².